The Morgan fingerprint density at radius 3 is 2.84 bits per heavy atom. The van der Waals surface area contributed by atoms with E-state index in [4.69, 9.17) is 0 Å². The van der Waals surface area contributed by atoms with E-state index in [-0.39, 0.29) is 17.4 Å². The SMILES string of the molecule is C=C1CCCN(CC2=CC=CC2(C)C)C(=O)C1NC. The number of nitrogens with one attached hydrogen (secondary N) is 1. The minimum absolute atomic E-state index is 0.0682. The third-order valence-corrected chi connectivity index (χ3v) is 4.18. The van der Waals surface area contributed by atoms with E-state index in [0.29, 0.717) is 0 Å². The van der Waals surface area contributed by atoms with Gasteiger partial charge in [-0.2, -0.15) is 0 Å². The third kappa shape index (κ3) is 2.81. The molecule has 104 valence electrons. The molecular formula is C16H24N2O. The minimum Gasteiger partial charge on any atom is -0.337 e. The van der Waals surface area contributed by atoms with E-state index in [1.807, 2.05) is 11.9 Å². The number of carbonyl (C=O) groups excluding carboxylic acids is 1. The molecule has 0 bridgehead atoms. The standard InChI is InChI=1S/C16H24N2O/c1-12-7-6-10-18(15(19)14(12)17-4)11-13-8-5-9-16(13,2)3/h5,8-9,14,17H,1,6-7,10-11H2,2-4H3. The number of carbonyl (C=O) groups is 1. The number of rotatable bonds is 3. The molecule has 1 aliphatic carbocycles. The first-order valence-electron chi connectivity index (χ1n) is 6.98. The van der Waals surface area contributed by atoms with Crippen LogP contribution in [0.5, 0.6) is 0 Å². The molecule has 3 nitrogen and oxygen atoms in total. The van der Waals surface area contributed by atoms with E-state index >= 15 is 0 Å². The molecule has 0 aromatic carbocycles. The molecule has 0 radical (unpaired) electrons. The van der Waals surface area contributed by atoms with Crippen molar-refractivity contribution in [3.8, 4) is 0 Å². The molecule has 1 unspecified atom stereocenters. The van der Waals surface area contributed by atoms with Crippen LogP contribution in [0.3, 0.4) is 0 Å². The lowest BCUT2D eigenvalue weighted by atomic mass is 9.87. The van der Waals surface area contributed by atoms with E-state index in [1.54, 1.807) is 0 Å². The van der Waals surface area contributed by atoms with Crippen LogP contribution in [0.4, 0.5) is 0 Å². The minimum atomic E-state index is -0.222. The van der Waals surface area contributed by atoms with Crippen LogP contribution >= 0.6 is 0 Å². The third-order valence-electron chi connectivity index (χ3n) is 4.18. The van der Waals surface area contributed by atoms with E-state index in [0.717, 1.165) is 31.5 Å². The van der Waals surface area contributed by atoms with Gasteiger partial charge in [0.05, 0.1) is 0 Å². The van der Waals surface area contributed by atoms with Gasteiger partial charge in [-0.25, -0.2) is 0 Å². The van der Waals surface area contributed by atoms with Crippen molar-refractivity contribution in [3.05, 3.63) is 36.0 Å². The van der Waals surface area contributed by atoms with Crippen molar-refractivity contribution in [2.45, 2.75) is 32.7 Å². The summed E-state index contributed by atoms with van der Waals surface area (Å²) >= 11 is 0. The van der Waals surface area contributed by atoms with Crippen molar-refractivity contribution in [3.63, 3.8) is 0 Å². The van der Waals surface area contributed by atoms with Crippen LogP contribution in [-0.2, 0) is 4.79 Å². The predicted molar refractivity (Wildman–Crippen MR) is 78.8 cm³/mol. The maximum absolute atomic E-state index is 12.5. The summed E-state index contributed by atoms with van der Waals surface area (Å²) in [6.07, 6.45) is 8.35. The molecule has 1 N–H and O–H groups in total. The van der Waals surface area contributed by atoms with E-state index in [9.17, 15) is 4.79 Å². The van der Waals surface area contributed by atoms with Gasteiger partial charge < -0.3 is 10.2 Å². The fourth-order valence-corrected chi connectivity index (χ4v) is 2.78. The number of likely N-dealkylation sites (N-methyl/N-ethyl adjacent to an activating group) is 1. The van der Waals surface area contributed by atoms with Gasteiger partial charge in [-0.3, -0.25) is 4.79 Å². The first-order valence-corrected chi connectivity index (χ1v) is 6.98. The lowest BCUT2D eigenvalue weighted by Crippen LogP contribution is -2.45. The highest BCUT2D eigenvalue weighted by Crippen LogP contribution is 2.33. The number of hydrogen-bond donors (Lipinski definition) is 1. The topological polar surface area (TPSA) is 32.3 Å². The van der Waals surface area contributed by atoms with Crippen LogP contribution in [0.25, 0.3) is 0 Å². The average molecular weight is 260 g/mol. The van der Waals surface area contributed by atoms with Crippen molar-refractivity contribution < 1.29 is 4.79 Å². The van der Waals surface area contributed by atoms with Crippen molar-refractivity contribution >= 4 is 5.91 Å². The molecule has 2 rings (SSSR count). The average Bonchev–Trinajstić information content (AvgIpc) is 2.60. The molecule has 0 aromatic rings. The molecule has 1 heterocycles. The summed E-state index contributed by atoms with van der Waals surface area (Å²) in [5, 5.41) is 3.09. The number of likely N-dealkylation sites (tertiary alicyclic amines) is 1. The molecule has 1 fully saturated rings. The number of hydrogen-bond acceptors (Lipinski definition) is 2. The lowest BCUT2D eigenvalue weighted by molar-refractivity contribution is -0.131. The van der Waals surface area contributed by atoms with Crippen molar-refractivity contribution in [2.75, 3.05) is 20.1 Å². The fraction of sp³-hybridized carbons (Fsp3) is 0.562. The Morgan fingerprint density at radius 1 is 1.53 bits per heavy atom. The predicted octanol–water partition coefficient (Wildman–Crippen LogP) is 2.28. The second kappa shape index (κ2) is 5.33. The maximum Gasteiger partial charge on any atom is 0.244 e. The Kier molecular flexibility index (Phi) is 3.95. The molecule has 19 heavy (non-hydrogen) atoms. The van der Waals surface area contributed by atoms with Crippen LogP contribution in [0, 0.1) is 5.41 Å². The summed E-state index contributed by atoms with van der Waals surface area (Å²) < 4.78 is 0. The first-order chi connectivity index (χ1) is 8.95. The highest BCUT2D eigenvalue weighted by atomic mass is 16.2. The summed E-state index contributed by atoms with van der Waals surface area (Å²) in [5.41, 5.74) is 2.38. The monoisotopic (exact) mass is 260 g/mol. The summed E-state index contributed by atoms with van der Waals surface area (Å²) in [6, 6.07) is -0.222. The number of amides is 1. The number of allylic oxidation sites excluding steroid dienone is 3. The Labute approximate surface area is 116 Å². The lowest BCUT2D eigenvalue weighted by Gasteiger charge is -2.29. The zero-order chi connectivity index (χ0) is 14.0. The molecule has 1 saturated heterocycles. The normalized spacial score (nSPS) is 26.6. The van der Waals surface area contributed by atoms with E-state index in [1.165, 1.54) is 5.57 Å². The summed E-state index contributed by atoms with van der Waals surface area (Å²) in [5.74, 6) is 0.161. The van der Waals surface area contributed by atoms with E-state index in [2.05, 4.69) is 44.0 Å². The summed E-state index contributed by atoms with van der Waals surface area (Å²) in [6.45, 7) is 9.97. The molecule has 1 aliphatic heterocycles. The molecule has 3 heteroatoms. The molecule has 2 aliphatic rings. The maximum atomic E-state index is 12.5. The Balaban J connectivity index is 2.12. The quantitative estimate of drug-likeness (QED) is 0.790. The van der Waals surface area contributed by atoms with Gasteiger partial charge >= 0.3 is 0 Å². The largest absolute Gasteiger partial charge is 0.337 e. The van der Waals surface area contributed by atoms with Crippen LogP contribution in [-0.4, -0.2) is 37.0 Å². The fourth-order valence-electron chi connectivity index (χ4n) is 2.78. The van der Waals surface area contributed by atoms with Crippen molar-refractivity contribution in [1.82, 2.24) is 10.2 Å². The first kappa shape index (κ1) is 14.1. The van der Waals surface area contributed by atoms with Gasteiger partial charge in [-0.15, -0.1) is 0 Å². The Bertz CT molecular complexity index is 446. The van der Waals surface area contributed by atoms with Crippen LogP contribution in [0.2, 0.25) is 0 Å². The smallest absolute Gasteiger partial charge is 0.244 e. The second-order valence-electron chi connectivity index (χ2n) is 6.02. The van der Waals surface area contributed by atoms with Gasteiger partial charge in [0.2, 0.25) is 5.91 Å². The van der Waals surface area contributed by atoms with Gasteiger partial charge in [0.25, 0.3) is 0 Å². The highest BCUT2D eigenvalue weighted by Gasteiger charge is 2.31. The van der Waals surface area contributed by atoms with Crippen LogP contribution < -0.4 is 5.32 Å². The summed E-state index contributed by atoms with van der Waals surface area (Å²) in [7, 11) is 1.83. The van der Waals surface area contributed by atoms with Gasteiger partial charge in [-0.05, 0) is 25.5 Å². The highest BCUT2D eigenvalue weighted by molar-refractivity contribution is 5.85. The van der Waals surface area contributed by atoms with Gasteiger partial charge in [-0.1, -0.05) is 44.2 Å². The molecule has 0 saturated carbocycles. The van der Waals surface area contributed by atoms with Crippen LogP contribution in [0.15, 0.2) is 36.0 Å². The zero-order valence-corrected chi connectivity index (χ0v) is 12.2. The molecule has 0 aromatic heterocycles. The summed E-state index contributed by atoms with van der Waals surface area (Å²) in [4.78, 5) is 14.5. The van der Waals surface area contributed by atoms with Gasteiger partial charge in [0.1, 0.15) is 6.04 Å². The van der Waals surface area contributed by atoms with Gasteiger partial charge in [0.15, 0.2) is 0 Å². The molecular weight excluding hydrogens is 236 g/mol. The Hall–Kier alpha value is -1.35. The van der Waals surface area contributed by atoms with Crippen molar-refractivity contribution in [2.24, 2.45) is 5.41 Å². The van der Waals surface area contributed by atoms with Gasteiger partial charge in [0, 0.05) is 18.5 Å². The Morgan fingerprint density at radius 2 is 2.26 bits per heavy atom. The number of nitrogens with zero attached hydrogens (tertiary/aromatic N) is 1. The van der Waals surface area contributed by atoms with Crippen molar-refractivity contribution in [1.29, 1.82) is 0 Å². The second-order valence-corrected chi connectivity index (χ2v) is 6.02. The zero-order valence-electron chi connectivity index (χ0n) is 12.2. The van der Waals surface area contributed by atoms with Crippen LogP contribution in [0.1, 0.15) is 26.7 Å². The molecule has 1 amide bonds. The van der Waals surface area contributed by atoms with E-state index < -0.39 is 0 Å². The molecule has 0 spiro atoms. The molecule has 1 atom stereocenters.